The van der Waals surface area contributed by atoms with E-state index in [9.17, 15) is 4.79 Å². The molecule has 0 atom stereocenters. The van der Waals surface area contributed by atoms with Crippen molar-refractivity contribution in [2.75, 3.05) is 0 Å². The summed E-state index contributed by atoms with van der Waals surface area (Å²) < 4.78 is 0. The summed E-state index contributed by atoms with van der Waals surface area (Å²) in [7, 11) is 0. The minimum atomic E-state index is 0.0519. The van der Waals surface area contributed by atoms with Gasteiger partial charge in [-0.25, -0.2) is 0 Å². The lowest BCUT2D eigenvalue weighted by Crippen LogP contribution is -1.95. The first kappa shape index (κ1) is 23.7. The molecule has 0 aliphatic rings. The van der Waals surface area contributed by atoms with Gasteiger partial charge < -0.3 is 0 Å². The molecule has 1 nitrogen and oxygen atoms in total. The molecule has 0 radical (unpaired) electrons. The Morgan fingerprint density at radius 3 is 2.06 bits per heavy atom. The minimum absolute atomic E-state index is 0.0519. The molecule has 0 aliphatic carbocycles. The molecule has 0 spiro atoms. The first-order valence-electron chi connectivity index (χ1n) is 12.6. The average molecular weight is 447 g/mol. The van der Waals surface area contributed by atoms with Crippen molar-refractivity contribution in [1.82, 2.24) is 0 Å². The van der Waals surface area contributed by atoms with Crippen LogP contribution in [0, 0.1) is 0 Å². The number of carbonyl (C=O) groups is 1. The number of aryl methyl sites for hydroxylation is 2. The zero-order valence-corrected chi connectivity index (χ0v) is 20.0. The van der Waals surface area contributed by atoms with Gasteiger partial charge in [0.15, 0.2) is 5.78 Å². The molecule has 4 aromatic carbocycles. The summed E-state index contributed by atoms with van der Waals surface area (Å²) in [6.45, 7) is 0. The molecule has 4 rings (SSSR count). The van der Waals surface area contributed by atoms with Crippen molar-refractivity contribution in [1.29, 1.82) is 0 Å². The second kappa shape index (κ2) is 12.7. The molecule has 4 aromatic rings. The number of benzene rings is 4. The molecule has 0 N–H and O–H groups in total. The normalized spacial score (nSPS) is 11.3. The lowest BCUT2D eigenvalue weighted by atomic mass is 9.98. The van der Waals surface area contributed by atoms with Crippen molar-refractivity contribution in [3.63, 3.8) is 0 Å². The van der Waals surface area contributed by atoms with E-state index in [0.717, 1.165) is 28.3 Å². The van der Waals surface area contributed by atoms with E-state index in [-0.39, 0.29) is 5.78 Å². The Balaban J connectivity index is 1.22. The standard InChI is InChI=1S/C33H34O/c34-33(32-23-22-30-20-12-13-21-31(30)26-32)25-24-29-19-11-10-18-28(29)17-9-4-2-1-3-6-14-27-15-7-5-8-16-27/h5,7-8,10-13,15-16,18-26H,1-4,6,9,14,17H2. The maximum absolute atomic E-state index is 12.8. The molecule has 0 aliphatic heterocycles. The van der Waals surface area contributed by atoms with Crippen LogP contribution < -0.4 is 0 Å². The molecule has 0 unspecified atom stereocenters. The predicted octanol–water partition coefficient (Wildman–Crippen LogP) is 8.86. The van der Waals surface area contributed by atoms with E-state index < -0.39 is 0 Å². The largest absolute Gasteiger partial charge is 0.289 e. The highest BCUT2D eigenvalue weighted by Crippen LogP contribution is 2.19. The highest BCUT2D eigenvalue weighted by Gasteiger charge is 2.05. The van der Waals surface area contributed by atoms with Gasteiger partial charge in [0.2, 0.25) is 0 Å². The highest BCUT2D eigenvalue weighted by atomic mass is 16.1. The van der Waals surface area contributed by atoms with Crippen molar-refractivity contribution >= 4 is 22.6 Å². The Bertz CT molecular complexity index is 1220. The van der Waals surface area contributed by atoms with Gasteiger partial charge in [-0.3, -0.25) is 4.79 Å². The fraction of sp³-hybridized carbons (Fsp3) is 0.242. The molecule has 0 bridgehead atoms. The number of allylic oxidation sites excluding steroid dienone is 1. The summed E-state index contributed by atoms with van der Waals surface area (Å²) >= 11 is 0. The van der Waals surface area contributed by atoms with Gasteiger partial charge in [-0.1, -0.05) is 123 Å². The zero-order valence-electron chi connectivity index (χ0n) is 20.0. The number of fused-ring (bicyclic) bond motifs is 1. The number of unbranched alkanes of at least 4 members (excludes halogenated alkanes) is 5. The summed E-state index contributed by atoms with van der Waals surface area (Å²) in [4.78, 5) is 12.8. The third-order valence-electron chi connectivity index (χ3n) is 6.51. The summed E-state index contributed by atoms with van der Waals surface area (Å²) in [6.07, 6.45) is 13.6. The van der Waals surface area contributed by atoms with Gasteiger partial charge in [0.05, 0.1) is 0 Å². The quantitative estimate of drug-likeness (QED) is 0.121. The Kier molecular flexibility index (Phi) is 8.85. The smallest absolute Gasteiger partial charge is 0.185 e. The van der Waals surface area contributed by atoms with Gasteiger partial charge in [-0.05, 0) is 65.3 Å². The second-order valence-electron chi connectivity index (χ2n) is 9.07. The van der Waals surface area contributed by atoms with Crippen LogP contribution in [0.3, 0.4) is 0 Å². The van der Waals surface area contributed by atoms with Crippen LogP contribution >= 0.6 is 0 Å². The number of hydrogen-bond donors (Lipinski definition) is 0. The molecule has 0 heterocycles. The Morgan fingerprint density at radius 1 is 0.588 bits per heavy atom. The number of hydrogen-bond acceptors (Lipinski definition) is 1. The summed E-state index contributed by atoms with van der Waals surface area (Å²) in [5, 5.41) is 2.26. The van der Waals surface area contributed by atoms with Crippen LogP contribution in [0.25, 0.3) is 16.8 Å². The Labute approximate surface area is 204 Å². The second-order valence-corrected chi connectivity index (χ2v) is 9.07. The van der Waals surface area contributed by atoms with Gasteiger partial charge in [-0.15, -0.1) is 0 Å². The number of carbonyl (C=O) groups excluding carboxylic acids is 1. The maximum atomic E-state index is 12.8. The maximum Gasteiger partial charge on any atom is 0.185 e. The molecule has 0 aromatic heterocycles. The van der Waals surface area contributed by atoms with E-state index in [1.165, 1.54) is 56.1 Å². The molecule has 172 valence electrons. The first-order valence-corrected chi connectivity index (χ1v) is 12.6. The van der Waals surface area contributed by atoms with Crippen LogP contribution in [0.2, 0.25) is 0 Å². The summed E-state index contributed by atoms with van der Waals surface area (Å²) in [5.41, 5.74) is 4.67. The lowest BCUT2D eigenvalue weighted by molar-refractivity contribution is 0.104. The van der Waals surface area contributed by atoms with Gasteiger partial charge >= 0.3 is 0 Å². The molecule has 0 saturated carbocycles. The van der Waals surface area contributed by atoms with E-state index in [1.54, 1.807) is 6.08 Å². The molecule has 34 heavy (non-hydrogen) atoms. The molecular formula is C33H34O. The first-order chi connectivity index (χ1) is 16.8. The summed E-state index contributed by atoms with van der Waals surface area (Å²) in [5.74, 6) is 0.0519. The van der Waals surface area contributed by atoms with E-state index in [4.69, 9.17) is 0 Å². The summed E-state index contributed by atoms with van der Waals surface area (Å²) in [6, 6.07) is 33.3. The van der Waals surface area contributed by atoms with Crippen molar-refractivity contribution in [2.45, 2.75) is 51.4 Å². The Hall–Kier alpha value is -3.45. The van der Waals surface area contributed by atoms with Crippen LogP contribution in [0.4, 0.5) is 0 Å². The molecule has 0 amide bonds. The topological polar surface area (TPSA) is 17.1 Å². The van der Waals surface area contributed by atoms with E-state index >= 15 is 0 Å². The monoisotopic (exact) mass is 446 g/mol. The lowest BCUT2D eigenvalue weighted by Gasteiger charge is -2.07. The zero-order chi connectivity index (χ0) is 23.4. The van der Waals surface area contributed by atoms with Gasteiger partial charge in [0.25, 0.3) is 0 Å². The third kappa shape index (κ3) is 7.02. The van der Waals surface area contributed by atoms with E-state index in [0.29, 0.717) is 0 Å². The SMILES string of the molecule is O=C(C=Cc1ccccc1CCCCCCCCc1ccccc1)c1ccc2ccccc2c1. The minimum Gasteiger partial charge on any atom is -0.289 e. The van der Waals surface area contributed by atoms with Crippen LogP contribution in [0.5, 0.6) is 0 Å². The van der Waals surface area contributed by atoms with Gasteiger partial charge in [-0.2, -0.15) is 0 Å². The van der Waals surface area contributed by atoms with Gasteiger partial charge in [0, 0.05) is 5.56 Å². The molecule has 0 saturated heterocycles. The van der Waals surface area contributed by atoms with Gasteiger partial charge in [0.1, 0.15) is 0 Å². The predicted molar refractivity (Wildman–Crippen MR) is 145 cm³/mol. The van der Waals surface area contributed by atoms with Crippen molar-refractivity contribution < 1.29 is 4.79 Å². The molecular weight excluding hydrogens is 412 g/mol. The fourth-order valence-electron chi connectivity index (χ4n) is 4.53. The van der Waals surface area contributed by atoms with Crippen LogP contribution in [0.1, 0.15) is 65.6 Å². The van der Waals surface area contributed by atoms with Crippen LogP contribution in [-0.2, 0) is 12.8 Å². The number of rotatable bonds is 12. The number of ketones is 1. The fourth-order valence-corrected chi connectivity index (χ4v) is 4.53. The third-order valence-corrected chi connectivity index (χ3v) is 6.51. The van der Waals surface area contributed by atoms with E-state index in [2.05, 4.69) is 66.7 Å². The highest BCUT2D eigenvalue weighted by molar-refractivity contribution is 6.08. The van der Waals surface area contributed by atoms with Crippen molar-refractivity contribution in [2.24, 2.45) is 0 Å². The molecule has 0 fully saturated rings. The van der Waals surface area contributed by atoms with Crippen LogP contribution in [-0.4, -0.2) is 5.78 Å². The van der Waals surface area contributed by atoms with E-state index in [1.807, 2.05) is 36.4 Å². The molecule has 1 heteroatoms. The van der Waals surface area contributed by atoms with Crippen molar-refractivity contribution in [3.8, 4) is 0 Å². The average Bonchev–Trinajstić information content (AvgIpc) is 2.89. The van der Waals surface area contributed by atoms with Crippen molar-refractivity contribution in [3.05, 3.63) is 125 Å². The Morgan fingerprint density at radius 2 is 1.24 bits per heavy atom. The van der Waals surface area contributed by atoms with Crippen LogP contribution in [0.15, 0.2) is 103 Å².